The van der Waals surface area contributed by atoms with Crippen LogP contribution in [0.25, 0.3) is 6.08 Å². The third-order valence-corrected chi connectivity index (χ3v) is 10.2. The molecule has 39 heavy (non-hydrogen) atoms. The van der Waals surface area contributed by atoms with Gasteiger partial charge in [-0.2, -0.15) is 0 Å². The fraction of sp³-hybridized carbons (Fsp3) is 0.594. The second kappa shape index (κ2) is 9.41. The molecule has 7 nitrogen and oxygen atoms in total. The van der Waals surface area contributed by atoms with E-state index in [9.17, 15) is 9.90 Å². The summed E-state index contributed by atoms with van der Waals surface area (Å²) in [7, 11) is 1.72. The molecule has 1 aromatic heterocycles. The average molecular weight is 533 g/mol. The minimum absolute atomic E-state index is 0.00865. The van der Waals surface area contributed by atoms with E-state index in [1.54, 1.807) is 25.7 Å². The number of hydrogen-bond donors (Lipinski definition) is 1. The lowest BCUT2D eigenvalue weighted by Crippen LogP contribution is -2.69. The molecule has 2 aromatic rings. The van der Waals surface area contributed by atoms with Gasteiger partial charge in [0.1, 0.15) is 6.10 Å². The molecule has 0 radical (unpaired) electrons. The third-order valence-electron chi connectivity index (χ3n) is 10.2. The zero-order valence-corrected chi connectivity index (χ0v) is 23.2. The summed E-state index contributed by atoms with van der Waals surface area (Å²) in [5.41, 5.74) is 3.50. The summed E-state index contributed by atoms with van der Waals surface area (Å²) in [5.74, 6) is 2.97. The van der Waals surface area contributed by atoms with E-state index in [-0.39, 0.29) is 29.6 Å². The van der Waals surface area contributed by atoms with Crippen LogP contribution >= 0.6 is 0 Å². The number of carbonyl (C=O) groups excluding carboxylic acids is 1. The highest BCUT2D eigenvalue weighted by Gasteiger charge is 2.67. The Hall–Kier alpha value is -2.77. The van der Waals surface area contributed by atoms with Crippen LogP contribution in [0.5, 0.6) is 11.5 Å². The zero-order chi connectivity index (χ0) is 26.9. The molecular formula is C32H40N2O5. The lowest BCUT2D eigenvalue weighted by Gasteiger charge is -2.60. The van der Waals surface area contributed by atoms with Crippen LogP contribution in [-0.4, -0.2) is 71.8 Å². The number of furan rings is 1. The van der Waals surface area contributed by atoms with Gasteiger partial charge in [0.05, 0.1) is 31.8 Å². The van der Waals surface area contributed by atoms with E-state index in [1.807, 2.05) is 12.1 Å². The SMILES string of the molecule is COc1ccc2c3c1O[C@H]1[C@H](N(CC(C)C)C(=O)C=Cc4ccoc4)CC[C@H]4[C@@H](C2)N(CC2CC2O)CC[C@@]341. The Morgan fingerprint density at radius 1 is 1.31 bits per heavy atom. The molecule has 7 heteroatoms. The van der Waals surface area contributed by atoms with Crippen LogP contribution in [0.15, 0.2) is 41.2 Å². The summed E-state index contributed by atoms with van der Waals surface area (Å²) < 4.78 is 18.0. The van der Waals surface area contributed by atoms with Crippen LogP contribution < -0.4 is 9.47 Å². The van der Waals surface area contributed by atoms with Gasteiger partial charge in [0.15, 0.2) is 11.5 Å². The number of nitrogens with zero attached hydrogens (tertiary/aromatic N) is 2. The number of likely N-dealkylation sites (tertiary alicyclic amines) is 1. The number of aliphatic hydroxyl groups is 1. The quantitative estimate of drug-likeness (QED) is 0.512. The zero-order valence-electron chi connectivity index (χ0n) is 23.2. The van der Waals surface area contributed by atoms with E-state index < -0.39 is 0 Å². The molecule has 1 aromatic carbocycles. The molecule has 7 atom stereocenters. The van der Waals surface area contributed by atoms with Crippen molar-refractivity contribution in [2.75, 3.05) is 26.7 Å². The molecule has 1 N–H and O–H groups in total. The van der Waals surface area contributed by atoms with E-state index in [0.717, 1.165) is 62.3 Å². The topological polar surface area (TPSA) is 75.4 Å². The fourth-order valence-electron chi connectivity index (χ4n) is 8.44. The number of benzene rings is 1. The molecule has 1 spiro atoms. The monoisotopic (exact) mass is 532 g/mol. The van der Waals surface area contributed by atoms with Crippen molar-refractivity contribution in [2.24, 2.45) is 17.8 Å². The number of aliphatic hydroxyl groups excluding tert-OH is 1. The van der Waals surface area contributed by atoms with Crippen LogP contribution in [-0.2, 0) is 16.6 Å². The van der Waals surface area contributed by atoms with Crippen molar-refractivity contribution in [1.29, 1.82) is 0 Å². The maximum atomic E-state index is 13.8. The number of ether oxygens (including phenoxy) is 2. The number of rotatable bonds is 8. The van der Waals surface area contributed by atoms with Gasteiger partial charge in [0.2, 0.25) is 5.91 Å². The van der Waals surface area contributed by atoms with Gasteiger partial charge in [0.25, 0.3) is 0 Å². The van der Waals surface area contributed by atoms with E-state index in [0.29, 0.717) is 30.3 Å². The maximum Gasteiger partial charge on any atom is 0.246 e. The second-order valence-electron chi connectivity index (χ2n) is 12.8. The van der Waals surface area contributed by atoms with Gasteiger partial charge in [-0.3, -0.25) is 9.69 Å². The van der Waals surface area contributed by atoms with Crippen molar-refractivity contribution in [3.8, 4) is 11.5 Å². The molecule has 3 fully saturated rings. The predicted octanol–water partition coefficient (Wildman–Crippen LogP) is 4.27. The maximum absolute atomic E-state index is 13.8. The summed E-state index contributed by atoms with van der Waals surface area (Å²) in [5, 5.41) is 10.1. The molecule has 2 saturated carbocycles. The summed E-state index contributed by atoms with van der Waals surface area (Å²) in [6, 6.07) is 6.61. The second-order valence-corrected chi connectivity index (χ2v) is 12.8. The first-order valence-corrected chi connectivity index (χ1v) is 14.7. The summed E-state index contributed by atoms with van der Waals surface area (Å²) in [6.45, 7) is 7.04. The first kappa shape index (κ1) is 25.2. The number of piperidine rings is 1. The van der Waals surface area contributed by atoms with E-state index in [2.05, 4.69) is 35.8 Å². The standard InChI is InChI=1S/C32H40N2O5/c1-19(2)16-34(28(36)9-4-20-10-13-38-18-20)24-7-6-23-25-14-21-5-8-27(37-3)30-29(21)32(23,31(24)39-30)11-12-33(25)17-22-15-26(22)35/h4-5,8-10,13,18-19,22-26,31,35H,6-7,11-12,14-17H2,1-3H3/t22?,23-,24+,25+,26?,31-,32-/m0/s1. The minimum atomic E-state index is -0.128. The molecule has 208 valence electrons. The van der Waals surface area contributed by atoms with E-state index in [4.69, 9.17) is 13.9 Å². The first-order chi connectivity index (χ1) is 18.9. The molecule has 7 rings (SSSR count). The first-order valence-electron chi connectivity index (χ1n) is 14.7. The number of hydrogen-bond acceptors (Lipinski definition) is 6. The minimum Gasteiger partial charge on any atom is -0.493 e. The van der Waals surface area contributed by atoms with Gasteiger partial charge in [-0.1, -0.05) is 19.9 Å². The van der Waals surface area contributed by atoms with Gasteiger partial charge in [0, 0.05) is 47.7 Å². The Balaban J connectivity index is 1.27. The Kier molecular flexibility index (Phi) is 6.08. The third kappa shape index (κ3) is 3.95. The van der Waals surface area contributed by atoms with E-state index in [1.165, 1.54) is 11.1 Å². The van der Waals surface area contributed by atoms with Crippen LogP contribution in [0.3, 0.4) is 0 Å². The summed E-state index contributed by atoms with van der Waals surface area (Å²) in [4.78, 5) is 18.6. The fourth-order valence-corrected chi connectivity index (χ4v) is 8.44. The molecule has 5 aliphatic rings. The van der Waals surface area contributed by atoms with Crippen molar-refractivity contribution in [3.63, 3.8) is 0 Å². The van der Waals surface area contributed by atoms with Gasteiger partial charge in [-0.05, 0) is 74.3 Å². The van der Waals surface area contributed by atoms with Gasteiger partial charge in [-0.15, -0.1) is 0 Å². The predicted molar refractivity (Wildman–Crippen MR) is 148 cm³/mol. The highest BCUT2D eigenvalue weighted by Crippen LogP contribution is 2.64. The average Bonchev–Trinajstić information content (AvgIpc) is 3.28. The normalized spacial score (nSPS) is 34.2. The van der Waals surface area contributed by atoms with Crippen molar-refractivity contribution in [2.45, 2.75) is 75.7 Å². The number of amides is 1. The molecule has 2 bridgehead atoms. The van der Waals surface area contributed by atoms with Crippen LogP contribution in [0.2, 0.25) is 0 Å². The summed E-state index contributed by atoms with van der Waals surface area (Å²) in [6.07, 6.45) is 11.6. The Labute approximate surface area is 230 Å². The largest absolute Gasteiger partial charge is 0.493 e. The molecule has 3 heterocycles. The Morgan fingerprint density at radius 3 is 2.87 bits per heavy atom. The van der Waals surface area contributed by atoms with Gasteiger partial charge >= 0.3 is 0 Å². The van der Waals surface area contributed by atoms with E-state index >= 15 is 0 Å². The van der Waals surface area contributed by atoms with Crippen molar-refractivity contribution >= 4 is 12.0 Å². The Bertz CT molecular complexity index is 1270. The van der Waals surface area contributed by atoms with Crippen molar-refractivity contribution < 1.29 is 23.8 Å². The molecule has 3 aliphatic carbocycles. The molecule has 1 amide bonds. The lowest BCUT2D eigenvalue weighted by molar-refractivity contribution is -0.138. The molecular weight excluding hydrogens is 492 g/mol. The molecule has 1 saturated heterocycles. The van der Waals surface area contributed by atoms with Gasteiger partial charge in [-0.25, -0.2) is 0 Å². The van der Waals surface area contributed by atoms with Crippen molar-refractivity contribution in [3.05, 3.63) is 53.5 Å². The number of carbonyl (C=O) groups is 1. The molecule has 2 unspecified atom stereocenters. The highest BCUT2D eigenvalue weighted by atomic mass is 16.5. The van der Waals surface area contributed by atoms with Crippen LogP contribution in [0.4, 0.5) is 0 Å². The van der Waals surface area contributed by atoms with Gasteiger partial charge < -0.3 is 23.9 Å². The highest BCUT2D eigenvalue weighted by molar-refractivity contribution is 5.92. The molecule has 2 aliphatic heterocycles. The van der Waals surface area contributed by atoms with Crippen molar-refractivity contribution in [1.82, 2.24) is 9.80 Å². The lowest BCUT2D eigenvalue weighted by atomic mass is 9.51. The van der Waals surface area contributed by atoms with Crippen LogP contribution in [0, 0.1) is 17.8 Å². The smallest absolute Gasteiger partial charge is 0.246 e. The number of methoxy groups -OCH3 is 1. The Morgan fingerprint density at radius 2 is 2.15 bits per heavy atom. The summed E-state index contributed by atoms with van der Waals surface area (Å²) >= 11 is 0. The van der Waals surface area contributed by atoms with Crippen LogP contribution in [0.1, 0.15) is 56.2 Å².